The summed E-state index contributed by atoms with van der Waals surface area (Å²) in [6.07, 6.45) is 0. The average molecular weight is 258 g/mol. The number of nitrogens with one attached hydrogen (secondary N) is 1. The fourth-order valence-electron chi connectivity index (χ4n) is 1.76. The fourth-order valence-corrected chi connectivity index (χ4v) is 1.76. The van der Waals surface area contributed by atoms with Crippen LogP contribution in [0.5, 0.6) is 5.75 Å². The Hall–Kier alpha value is -2.36. The molecule has 0 fully saturated rings. The number of halogens is 1. The number of hydrazone groups is 1. The van der Waals surface area contributed by atoms with Crippen LogP contribution < -0.4 is 10.2 Å². The van der Waals surface area contributed by atoms with Gasteiger partial charge in [-0.25, -0.2) is 4.39 Å². The molecule has 2 aromatic carbocycles. The molecule has 0 unspecified atom stereocenters. The van der Waals surface area contributed by atoms with Crippen LogP contribution in [0.25, 0.3) is 0 Å². The molecule has 0 aliphatic heterocycles. The van der Waals surface area contributed by atoms with Gasteiger partial charge in [0, 0.05) is 6.72 Å². The predicted molar refractivity (Wildman–Crippen MR) is 75.1 cm³/mol. The van der Waals surface area contributed by atoms with Crippen molar-refractivity contribution >= 4 is 12.4 Å². The molecule has 0 aliphatic carbocycles. The van der Waals surface area contributed by atoms with Crippen molar-refractivity contribution in [3.8, 4) is 5.75 Å². The molecular weight excluding hydrogens is 243 g/mol. The van der Waals surface area contributed by atoms with E-state index in [0.717, 1.165) is 22.6 Å². The first kappa shape index (κ1) is 13.1. The molecule has 0 spiro atoms. The summed E-state index contributed by atoms with van der Waals surface area (Å²) in [7, 11) is 0. The van der Waals surface area contributed by atoms with Gasteiger partial charge in [0.15, 0.2) is 0 Å². The molecule has 0 heterocycles. The van der Waals surface area contributed by atoms with Crippen LogP contribution in [0.2, 0.25) is 0 Å². The molecule has 4 heteroatoms. The highest BCUT2D eigenvalue weighted by Gasteiger charge is 2.02. The molecule has 2 rings (SSSR count). The standard InChI is InChI=1S/C15H15FN2O/c1-11-8-14(18-17-2)6-7-15(11)19-10-12-4-3-5-13(16)9-12/h3-9,18H,2,10H2,1H3. The lowest BCUT2D eigenvalue weighted by molar-refractivity contribution is 0.303. The predicted octanol–water partition coefficient (Wildman–Crippen LogP) is 3.74. The topological polar surface area (TPSA) is 33.6 Å². The maximum absolute atomic E-state index is 13.0. The third kappa shape index (κ3) is 3.55. The van der Waals surface area contributed by atoms with E-state index in [4.69, 9.17) is 4.74 Å². The van der Waals surface area contributed by atoms with Crippen molar-refractivity contribution in [1.82, 2.24) is 0 Å². The highest BCUT2D eigenvalue weighted by atomic mass is 19.1. The van der Waals surface area contributed by atoms with E-state index >= 15 is 0 Å². The molecular formula is C15H15FN2O. The maximum Gasteiger partial charge on any atom is 0.123 e. The lowest BCUT2D eigenvalue weighted by Crippen LogP contribution is -1.98. The van der Waals surface area contributed by atoms with Crippen molar-refractivity contribution < 1.29 is 9.13 Å². The summed E-state index contributed by atoms with van der Waals surface area (Å²) < 4.78 is 18.7. The van der Waals surface area contributed by atoms with Crippen molar-refractivity contribution in [2.75, 3.05) is 5.43 Å². The van der Waals surface area contributed by atoms with E-state index in [-0.39, 0.29) is 5.82 Å². The number of hydrogen-bond donors (Lipinski definition) is 1. The molecule has 0 atom stereocenters. The van der Waals surface area contributed by atoms with Crippen LogP contribution in [-0.2, 0) is 6.61 Å². The summed E-state index contributed by atoms with van der Waals surface area (Å²) in [6, 6.07) is 12.0. The Balaban J connectivity index is 2.05. The van der Waals surface area contributed by atoms with Gasteiger partial charge in [0.05, 0.1) is 5.69 Å². The molecule has 1 N–H and O–H groups in total. The molecule has 0 saturated heterocycles. The number of hydrogen-bond acceptors (Lipinski definition) is 3. The van der Waals surface area contributed by atoms with Crippen LogP contribution in [-0.4, -0.2) is 6.72 Å². The van der Waals surface area contributed by atoms with Crippen LogP contribution in [0.1, 0.15) is 11.1 Å². The maximum atomic E-state index is 13.0. The third-order valence-corrected chi connectivity index (χ3v) is 2.67. The Morgan fingerprint density at radius 1 is 1.26 bits per heavy atom. The Morgan fingerprint density at radius 2 is 2.11 bits per heavy atom. The number of nitrogens with zero attached hydrogens (tertiary/aromatic N) is 1. The first-order chi connectivity index (χ1) is 9.19. The second-order valence-electron chi connectivity index (χ2n) is 4.17. The van der Waals surface area contributed by atoms with Crippen LogP contribution in [0.15, 0.2) is 47.6 Å². The van der Waals surface area contributed by atoms with Crippen LogP contribution in [0.4, 0.5) is 10.1 Å². The highest BCUT2D eigenvalue weighted by molar-refractivity contribution is 5.51. The lowest BCUT2D eigenvalue weighted by atomic mass is 10.2. The van der Waals surface area contributed by atoms with Crippen molar-refractivity contribution in [2.45, 2.75) is 13.5 Å². The minimum Gasteiger partial charge on any atom is -0.489 e. The molecule has 2 aromatic rings. The largest absolute Gasteiger partial charge is 0.489 e. The molecule has 0 bridgehead atoms. The second-order valence-corrected chi connectivity index (χ2v) is 4.17. The van der Waals surface area contributed by atoms with Gasteiger partial charge in [0.25, 0.3) is 0 Å². The van der Waals surface area contributed by atoms with Crippen molar-refractivity contribution in [1.29, 1.82) is 0 Å². The molecule has 0 saturated carbocycles. The van der Waals surface area contributed by atoms with E-state index in [0.29, 0.717) is 6.61 Å². The number of aryl methyl sites for hydroxylation is 1. The van der Waals surface area contributed by atoms with Gasteiger partial charge in [0.2, 0.25) is 0 Å². The van der Waals surface area contributed by atoms with Gasteiger partial charge in [-0.05, 0) is 48.4 Å². The first-order valence-corrected chi connectivity index (χ1v) is 5.88. The van der Waals surface area contributed by atoms with E-state index < -0.39 is 0 Å². The van der Waals surface area contributed by atoms with Gasteiger partial charge in [-0.2, -0.15) is 5.10 Å². The molecule has 0 aromatic heterocycles. The van der Waals surface area contributed by atoms with E-state index in [1.165, 1.54) is 12.1 Å². The number of anilines is 1. The van der Waals surface area contributed by atoms with Gasteiger partial charge in [-0.1, -0.05) is 12.1 Å². The number of rotatable bonds is 5. The summed E-state index contributed by atoms with van der Waals surface area (Å²) in [4.78, 5) is 0. The summed E-state index contributed by atoms with van der Waals surface area (Å²) in [5, 5.41) is 3.60. The molecule has 0 radical (unpaired) electrons. The monoisotopic (exact) mass is 258 g/mol. The zero-order chi connectivity index (χ0) is 13.7. The summed E-state index contributed by atoms with van der Waals surface area (Å²) >= 11 is 0. The molecule has 98 valence electrons. The smallest absolute Gasteiger partial charge is 0.123 e. The quantitative estimate of drug-likeness (QED) is 0.654. The number of benzene rings is 2. The molecule has 0 amide bonds. The van der Waals surface area contributed by atoms with Crippen LogP contribution in [0.3, 0.4) is 0 Å². The van der Waals surface area contributed by atoms with Crippen molar-refractivity contribution in [3.63, 3.8) is 0 Å². The SMILES string of the molecule is C=NNc1ccc(OCc2cccc(F)c2)c(C)c1. The van der Waals surface area contributed by atoms with E-state index in [1.54, 1.807) is 6.07 Å². The zero-order valence-electron chi connectivity index (χ0n) is 10.7. The lowest BCUT2D eigenvalue weighted by Gasteiger charge is -2.10. The summed E-state index contributed by atoms with van der Waals surface area (Å²) in [6.45, 7) is 5.64. The fraction of sp³-hybridized carbons (Fsp3) is 0.133. The van der Waals surface area contributed by atoms with E-state index in [9.17, 15) is 4.39 Å². The Kier molecular flexibility index (Phi) is 4.13. The highest BCUT2D eigenvalue weighted by Crippen LogP contribution is 2.23. The average Bonchev–Trinajstić information content (AvgIpc) is 2.38. The zero-order valence-corrected chi connectivity index (χ0v) is 10.7. The first-order valence-electron chi connectivity index (χ1n) is 5.88. The summed E-state index contributed by atoms with van der Waals surface area (Å²) in [5.74, 6) is 0.508. The van der Waals surface area contributed by atoms with Gasteiger partial charge in [0.1, 0.15) is 18.2 Å². The number of ether oxygens (including phenoxy) is 1. The summed E-state index contributed by atoms with van der Waals surface area (Å²) in [5.41, 5.74) is 5.40. The Bertz CT molecular complexity index is 584. The van der Waals surface area contributed by atoms with E-state index in [2.05, 4.69) is 17.2 Å². The molecule has 3 nitrogen and oxygen atoms in total. The molecule has 0 aliphatic rings. The van der Waals surface area contributed by atoms with Gasteiger partial charge in [-0.3, -0.25) is 5.43 Å². The Morgan fingerprint density at radius 3 is 2.79 bits per heavy atom. The van der Waals surface area contributed by atoms with Gasteiger partial charge >= 0.3 is 0 Å². The van der Waals surface area contributed by atoms with Gasteiger partial charge < -0.3 is 4.74 Å². The van der Waals surface area contributed by atoms with Crippen LogP contribution >= 0.6 is 0 Å². The Labute approximate surface area is 111 Å². The van der Waals surface area contributed by atoms with Crippen molar-refractivity contribution in [3.05, 3.63) is 59.4 Å². The normalized spacial score (nSPS) is 10.0. The van der Waals surface area contributed by atoms with Gasteiger partial charge in [-0.15, -0.1) is 0 Å². The van der Waals surface area contributed by atoms with Crippen LogP contribution in [0, 0.1) is 12.7 Å². The molecule has 19 heavy (non-hydrogen) atoms. The second kappa shape index (κ2) is 6.00. The minimum atomic E-state index is -0.255. The minimum absolute atomic E-state index is 0.255. The van der Waals surface area contributed by atoms with Crippen molar-refractivity contribution in [2.24, 2.45) is 5.10 Å². The third-order valence-electron chi connectivity index (χ3n) is 2.67. The van der Waals surface area contributed by atoms with E-state index in [1.807, 2.05) is 31.2 Å².